The normalized spacial score (nSPS) is 10.8. The van der Waals surface area contributed by atoms with E-state index in [1.54, 1.807) is 7.11 Å². The Balaban J connectivity index is 2.02. The third-order valence-electron chi connectivity index (χ3n) is 4.24. The minimum atomic E-state index is 0.234. The fourth-order valence-corrected chi connectivity index (χ4v) is 3.28. The zero-order valence-electron chi connectivity index (χ0n) is 15.8. The molecule has 3 aromatic rings. The van der Waals surface area contributed by atoms with Gasteiger partial charge in [0, 0.05) is 5.56 Å². The Labute approximate surface area is 171 Å². The molecule has 3 rings (SSSR count). The number of imidazole rings is 1. The summed E-state index contributed by atoms with van der Waals surface area (Å²) in [5.41, 5.74) is 8.96. The molecule has 2 aromatic heterocycles. The highest BCUT2D eigenvalue weighted by Crippen LogP contribution is 2.28. The number of benzene rings is 1. The van der Waals surface area contributed by atoms with Crippen LogP contribution in [0.3, 0.4) is 0 Å². The molecule has 0 saturated heterocycles. The minimum Gasteiger partial charge on any atom is -0.496 e. The zero-order valence-corrected chi connectivity index (χ0v) is 17.4. The number of aromatic nitrogens is 4. The lowest BCUT2D eigenvalue weighted by Crippen LogP contribution is -2.07. The third kappa shape index (κ3) is 4.17. The standard InChI is InChI=1S/C19H21BrN6O2/c1-3-4-9-28-19-24-16(22)15-17(25-19)26(18(20)23-15)11-13-10-12(7-8-21)5-6-14(13)27-2/h5-6,10H,3-4,7,9,11H2,1-2H3,(H2,22,24,25). The van der Waals surface area contributed by atoms with Crippen molar-refractivity contribution in [1.29, 1.82) is 5.26 Å². The van der Waals surface area contributed by atoms with E-state index in [0.717, 1.165) is 29.7 Å². The van der Waals surface area contributed by atoms with E-state index in [0.29, 0.717) is 35.5 Å². The molecule has 146 valence electrons. The number of unbranched alkanes of at least 4 members (excludes halogenated alkanes) is 1. The van der Waals surface area contributed by atoms with E-state index in [9.17, 15) is 0 Å². The van der Waals surface area contributed by atoms with Crippen molar-refractivity contribution in [2.45, 2.75) is 32.7 Å². The molecule has 2 heterocycles. The van der Waals surface area contributed by atoms with Gasteiger partial charge in [0.15, 0.2) is 21.7 Å². The summed E-state index contributed by atoms with van der Waals surface area (Å²) >= 11 is 3.48. The molecule has 0 aliphatic rings. The van der Waals surface area contributed by atoms with Gasteiger partial charge in [-0.1, -0.05) is 19.4 Å². The van der Waals surface area contributed by atoms with Crippen molar-refractivity contribution in [2.24, 2.45) is 0 Å². The molecule has 0 spiro atoms. The number of nitriles is 1. The molecule has 0 aliphatic carbocycles. The summed E-state index contributed by atoms with van der Waals surface area (Å²) in [6.45, 7) is 3.05. The smallest absolute Gasteiger partial charge is 0.320 e. The van der Waals surface area contributed by atoms with E-state index >= 15 is 0 Å². The first-order valence-corrected chi connectivity index (χ1v) is 9.71. The number of nitrogens with two attached hydrogens (primary N) is 1. The summed E-state index contributed by atoms with van der Waals surface area (Å²) in [4.78, 5) is 13.1. The Morgan fingerprint density at radius 1 is 1.29 bits per heavy atom. The SMILES string of the molecule is CCCCOc1nc(N)c2nc(Br)n(Cc3cc(CC#N)ccc3OC)c2n1. The lowest BCUT2D eigenvalue weighted by atomic mass is 10.1. The summed E-state index contributed by atoms with van der Waals surface area (Å²) in [5, 5.41) is 8.98. The largest absolute Gasteiger partial charge is 0.496 e. The maximum atomic E-state index is 8.98. The van der Waals surface area contributed by atoms with E-state index in [-0.39, 0.29) is 11.8 Å². The second-order valence-electron chi connectivity index (χ2n) is 6.21. The number of nitrogen functional groups attached to an aromatic ring is 1. The number of ether oxygens (including phenoxy) is 2. The van der Waals surface area contributed by atoms with E-state index in [1.165, 1.54) is 0 Å². The van der Waals surface area contributed by atoms with Crippen LogP contribution in [0.2, 0.25) is 0 Å². The summed E-state index contributed by atoms with van der Waals surface area (Å²) in [5.74, 6) is 0.984. The van der Waals surface area contributed by atoms with Crippen LogP contribution in [-0.4, -0.2) is 33.2 Å². The predicted molar refractivity (Wildman–Crippen MR) is 109 cm³/mol. The molecule has 0 bridgehead atoms. The van der Waals surface area contributed by atoms with E-state index in [4.69, 9.17) is 20.5 Å². The van der Waals surface area contributed by atoms with Gasteiger partial charge < -0.3 is 15.2 Å². The maximum absolute atomic E-state index is 8.98. The van der Waals surface area contributed by atoms with Crippen molar-refractivity contribution in [3.63, 3.8) is 0 Å². The molecule has 8 nitrogen and oxygen atoms in total. The number of hydrogen-bond donors (Lipinski definition) is 1. The topological polar surface area (TPSA) is 112 Å². The molecule has 2 N–H and O–H groups in total. The van der Waals surface area contributed by atoms with Crippen LogP contribution in [0.5, 0.6) is 11.8 Å². The fourth-order valence-electron chi connectivity index (χ4n) is 2.81. The van der Waals surface area contributed by atoms with Gasteiger partial charge in [0.05, 0.1) is 32.8 Å². The molecule has 9 heteroatoms. The molecule has 28 heavy (non-hydrogen) atoms. The van der Waals surface area contributed by atoms with Gasteiger partial charge >= 0.3 is 6.01 Å². The van der Waals surface area contributed by atoms with Gasteiger partial charge in [-0.05, 0) is 40.0 Å². The van der Waals surface area contributed by atoms with Crippen molar-refractivity contribution in [3.8, 4) is 17.8 Å². The number of fused-ring (bicyclic) bond motifs is 1. The fraction of sp³-hybridized carbons (Fsp3) is 0.368. The highest BCUT2D eigenvalue weighted by Gasteiger charge is 2.17. The average Bonchev–Trinajstić information content (AvgIpc) is 2.99. The van der Waals surface area contributed by atoms with Gasteiger partial charge in [-0.3, -0.25) is 4.57 Å². The number of methoxy groups -OCH3 is 1. The minimum absolute atomic E-state index is 0.234. The van der Waals surface area contributed by atoms with E-state index in [2.05, 4.69) is 43.9 Å². The van der Waals surface area contributed by atoms with Crippen molar-refractivity contribution < 1.29 is 9.47 Å². The summed E-state index contributed by atoms with van der Waals surface area (Å²) in [6, 6.07) is 8.09. The van der Waals surface area contributed by atoms with Crippen LogP contribution in [0, 0.1) is 11.3 Å². The number of hydrogen-bond acceptors (Lipinski definition) is 7. The lowest BCUT2D eigenvalue weighted by Gasteiger charge is -2.12. The van der Waals surface area contributed by atoms with Crippen LogP contribution in [0.4, 0.5) is 5.82 Å². The van der Waals surface area contributed by atoms with E-state index in [1.807, 2.05) is 22.8 Å². The van der Waals surface area contributed by atoms with Gasteiger partial charge in [0.2, 0.25) is 0 Å². The van der Waals surface area contributed by atoms with Crippen LogP contribution in [0.1, 0.15) is 30.9 Å². The molecule has 0 atom stereocenters. The Hall–Kier alpha value is -2.86. The van der Waals surface area contributed by atoms with Gasteiger partial charge in [-0.2, -0.15) is 15.2 Å². The average molecular weight is 445 g/mol. The summed E-state index contributed by atoms with van der Waals surface area (Å²) < 4.78 is 13.5. The first-order chi connectivity index (χ1) is 13.6. The molecule has 0 amide bonds. The zero-order chi connectivity index (χ0) is 20.1. The predicted octanol–water partition coefficient (Wildman–Crippen LogP) is 3.47. The number of nitrogens with zero attached hydrogens (tertiary/aromatic N) is 5. The highest BCUT2D eigenvalue weighted by atomic mass is 79.9. The molecule has 0 saturated carbocycles. The second kappa shape index (κ2) is 8.89. The maximum Gasteiger partial charge on any atom is 0.320 e. The first-order valence-electron chi connectivity index (χ1n) is 8.92. The number of halogens is 1. The van der Waals surface area contributed by atoms with Crippen LogP contribution in [-0.2, 0) is 13.0 Å². The molecule has 0 aliphatic heterocycles. The molecule has 0 fully saturated rings. The summed E-state index contributed by atoms with van der Waals surface area (Å²) in [6.07, 6.45) is 2.25. The van der Waals surface area contributed by atoms with E-state index < -0.39 is 0 Å². The molecular weight excluding hydrogens is 424 g/mol. The van der Waals surface area contributed by atoms with Crippen molar-refractivity contribution in [2.75, 3.05) is 19.5 Å². The monoisotopic (exact) mass is 444 g/mol. The quantitative estimate of drug-likeness (QED) is 0.417. The number of anilines is 1. The van der Waals surface area contributed by atoms with Crippen molar-refractivity contribution >= 4 is 32.9 Å². The van der Waals surface area contributed by atoms with Crippen LogP contribution < -0.4 is 15.2 Å². The van der Waals surface area contributed by atoms with Crippen molar-refractivity contribution in [3.05, 3.63) is 34.1 Å². The molecule has 1 aromatic carbocycles. The lowest BCUT2D eigenvalue weighted by molar-refractivity contribution is 0.286. The molecular formula is C19H21BrN6O2. The first kappa shape index (κ1) is 19.9. The Morgan fingerprint density at radius 2 is 2.11 bits per heavy atom. The van der Waals surface area contributed by atoms with Crippen LogP contribution >= 0.6 is 15.9 Å². The van der Waals surface area contributed by atoms with Gasteiger partial charge in [-0.15, -0.1) is 0 Å². The Morgan fingerprint density at radius 3 is 2.82 bits per heavy atom. The van der Waals surface area contributed by atoms with Crippen LogP contribution in [0.25, 0.3) is 11.2 Å². The van der Waals surface area contributed by atoms with Gasteiger partial charge in [0.25, 0.3) is 0 Å². The highest BCUT2D eigenvalue weighted by molar-refractivity contribution is 9.10. The van der Waals surface area contributed by atoms with Crippen molar-refractivity contribution in [1.82, 2.24) is 19.5 Å². The Bertz CT molecular complexity index is 1030. The third-order valence-corrected chi connectivity index (χ3v) is 4.85. The molecule has 0 unspecified atom stereocenters. The second-order valence-corrected chi connectivity index (χ2v) is 6.92. The summed E-state index contributed by atoms with van der Waals surface area (Å²) in [7, 11) is 1.61. The Kier molecular flexibility index (Phi) is 6.31. The molecule has 0 radical (unpaired) electrons. The van der Waals surface area contributed by atoms with Gasteiger partial charge in [0.1, 0.15) is 5.75 Å². The van der Waals surface area contributed by atoms with Gasteiger partial charge in [-0.25, -0.2) is 4.98 Å². The van der Waals surface area contributed by atoms with Crippen LogP contribution in [0.15, 0.2) is 22.9 Å². The number of rotatable bonds is 8.